The van der Waals surface area contributed by atoms with Gasteiger partial charge in [0.05, 0.1) is 19.5 Å². The Morgan fingerprint density at radius 2 is 2.25 bits per heavy atom. The third kappa shape index (κ3) is 3.88. The summed E-state index contributed by atoms with van der Waals surface area (Å²) in [4.78, 5) is 18.6. The zero-order chi connectivity index (χ0) is 13.9. The summed E-state index contributed by atoms with van der Waals surface area (Å²) in [5.74, 6) is -3.55. The van der Waals surface area contributed by atoms with Crippen LogP contribution in [0.15, 0.2) is 24.5 Å². The van der Waals surface area contributed by atoms with Crippen molar-refractivity contribution < 1.29 is 13.6 Å². The zero-order valence-corrected chi connectivity index (χ0v) is 11.3. The number of nitrogens with one attached hydrogen (secondary N) is 2. The van der Waals surface area contributed by atoms with Gasteiger partial charge in [0.1, 0.15) is 5.65 Å². The van der Waals surface area contributed by atoms with Gasteiger partial charge in [0.2, 0.25) is 5.91 Å². The molecule has 0 saturated carbocycles. The highest BCUT2D eigenvalue weighted by Gasteiger charge is 2.27. The number of rotatable bonds is 5. The molecular formula is C12H15ClF2N4O. The van der Waals surface area contributed by atoms with Crippen molar-refractivity contribution in [3.8, 4) is 0 Å². The van der Waals surface area contributed by atoms with E-state index in [0.29, 0.717) is 5.65 Å². The first-order chi connectivity index (χ1) is 9.02. The number of nitrogens with two attached hydrogens (primary N) is 1. The van der Waals surface area contributed by atoms with Crippen LogP contribution in [0, 0.1) is 0 Å². The zero-order valence-electron chi connectivity index (χ0n) is 10.5. The van der Waals surface area contributed by atoms with Crippen LogP contribution in [0.5, 0.6) is 0 Å². The van der Waals surface area contributed by atoms with Crippen LogP contribution in [-0.2, 0) is 11.2 Å². The molecular weight excluding hydrogens is 290 g/mol. The molecule has 0 fully saturated rings. The fourth-order valence-electron chi connectivity index (χ4n) is 1.69. The molecule has 20 heavy (non-hydrogen) atoms. The van der Waals surface area contributed by atoms with Crippen LogP contribution in [-0.4, -0.2) is 34.9 Å². The van der Waals surface area contributed by atoms with Gasteiger partial charge >= 0.3 is 0 Å². The van der Waals surface area contributed by atoms with Crippen molar-refractivity contribution in [3.63, 3.8) is 0 Å². The highest BCUT2D eigenvalue weighted by molar-refractivity contribution is 5.87. The molecule has 0 bridgehead atoms. The number of hydrogen-bond acceptors (Lipinski definition) is 3. The van der Waals surface area contributed by atoms with Gasteiger partial charge in [-0.1, -0.05) is 0 Å². The Labute approximate surface area is 120 Å². The molecule has 110 valence electrons. The number of carbonyl (C=O) groups is 1. The molecule has 0 aliphatic heterocycles. The summed E-state index contributed by atoms with van der Waals surface area (Å²) in [6.45, 7) is -1.53. The van der Waals surface area contributed by atoms with E-state index in [9.17, 15) is 13.6 Å². The van der Waals surface area contributed by atoms with E-state index in [-0.39, 0.29) is 18.8 Å². The molecule has 0 aliphatic carbocycles. The third-order valence-electron chi connectivity index (χ3n) is 2.73. The lowest BCUT2D eigenvalue weighted by Gasteiger charge is -2.14. The highest BCUT2D eigenvalue weighted by atomic mass is 35.5. The summed E-state index contributed by atoms with van der Waals surface area (Å²) in [5, 5.41) is 2.98. The predicted octanol–water partition coefficient (Wildman–Crippen LogP) is 1.24. The molecule has 0 unspecified atom stereocenters. The molecule has 2 rings (SSSR count). The first-order valence-electron chi connectivity index (χ1n) is 5.77. The van der Waals surface area contributed by atoms with Crippen molar-refractivity contribution >= 4 is 29.3 Å². The van der Waals surface area contributed by atoms with Gasteiger partial charge in [0, 0.05) is 17.8 Å². The Balaban J connectivity index is 0.00000200. The first-order valence-corrected chi connectivity index (χ1v) is 5.77. The molecule has 0 atom stereocenters. The predicted molar refractivity (Wildman–Crippen MR) is 74.1 cm³/mol. The van der Waals surface area contributed by atoms with Crippen LogP contribution < -0.4 is 11.1 Å². The fourth-order valence-corrected chi connectivity index (χ4v) is 1.69. The lowest BCUT2D eigenvalue weighted by molar-refractivity contribution is -0.122. The smallest absolute Gasteiger partial charge is 0.277 e. The second-order valence-electron chi connectivity index (χ2n) is 4.23. The van der Waals surface area contributed by atoms with Crippen LogP contribution in [0.3, 0.4) is 0 Å². The largest absolute Gasteiger partial charge is 0.350 e. The molecule has 0 spiro atoms. The standard InChI is InChI=1S/C12H14F2N4O.ClH/c13-12(14,6-15)7-18-10(19)4-8-5-17-11-9(8)2-1-3-16-11;/h1-3,5H,4,6-7,15H2,(H,16,17)(H,18,19);1H. The van der Waals surface area contributed by atoms with Gasteiger partial charge in [-0.2, -0.15) is 0 Å². The summed E-state index contributed by atoms with van der Waals surface area (Å²) in [7, 11) is 0. The number of pyridine rings is 1. The molecule has 2 heterocycles. The van der Waals surface area contributed by atoms with Crippen LogP contribution in [0.4, 0.5) is 8.78 Å². The second kappa shape index (κ2) is 6.62. The van der Waals surface area contributed by atoms with E-state index in [2.05, 4.69) is 15.3 Å². The first kappa shape index (κ1) is 16.3. The van der Waals surface area contributed by atoms with Gasteiger partial charge in [0.25, 0.3) is 5.92 Å². The summed E-state index contributed by atoms with van der Waals surface area (Å²) in [6, 6.07) is 3.57. The van der Waals surface area contributed by atoms with Crippen LogP contribution in [0.25, 0.3) is 11.0 Å². The molecule has 0 aliphatic rings. The fraction of sp³-hybridized carbons (Fsp3) is 0.333. The molecule has 0 saturated heterocycles. The minimum absolute atomic E-state index is 0. The summed E-state index contributed by atoms with van der Waals surface area (Å²) < 4.78 is 25.8. The van der Waals surface area contributed by atoms with Crippen LogP contribution in [0.2, 0.25) is 0 Å². The molecule has 8 heteroatoms. The van der Waals surface area contributed by atoms with Crippen molar-refractivity contribution in [1.82, 2.24) is 15.3 Å². The Hall–Kier alpha value is -1.73. The molecule has 1 amide bonds. The molecule has 2 aromatic rings. The quantitative estimate of drug-likeness (QED) is 0.777. The lowest BCUT2D eigenvalue weighted by atomic mass is 10.1. The van der Waals surface area contributed by atoms with Gasteiger partial charge in [-0.25, -0.2) is 13.8 Å². The van der Waals surface area contributed by atoms with E-state index in [1.54, 1.807) is 18.5 Å². The third-order valence-corrected chi connectivity index (χ3v) is 2.73. The maximum Gasteiger partial charge on any atom is 0.277 e. The van der Waals surface area contributed by atoms with E-state index in [1.807, 2.05) is 6.07 Å². The molecule has 2 aromatic heterocycles. The average Bonchev–Trinajstić information content (AvgIpc) is 2.80. The number of carbonyl (C=O) groups excluding carboxylic acids is 1. The van der Waals surface area contributed by atoms with Gasteiger partial charge in [-0.3, -0.25) is 4.79 Å². The van der Waals surface area contributed by atoms with E-state index in [1.165, 1.54) is 0 Å². The highest BCUT2D eigenvalue weighted by Crippen LogP contribution is 2.16. The number of fused-ring (bicyclic) bond motifs is 1. The van der Waals surface area contributed by atoms with Crippen molar-refractivity contribution in [3.05, 3.63) is 30.1 Å². The monoisotopic (exact) mass is 304 g/mol. The van der Waals surface area contributed by atoms with Gasteiger partial charge in [-0.15, -0.1) is 12.4 Å². The van der Waals surface area contributed by atoms with E-state index in [0.717, 1.165) is 10.9 Å². The summed E-state index contributed by atoms with van der Waals surface area (Å²) in [5.41, 5.74) is 6.27. The minimum atomic E-state index is -3.07. The summed E-state index contributed by atoms with van der Waals surface area (Å²) >= 11 is 0. The number of H-pyrrole nitrogens is 1. The number of aromatic nitrogens is 2. The number of alkyl halides is 2. The molecule has 5 nitrogen and oxygen atoms in total. The molecule has 0 radical (unpaired) electrons. The van der Waals surface area contributed by atoms with Gasteiger partial charge in [-0.05, 0) is 17.7 Å². The number of aromatic amines is 1. The number of nitrogens with zero attached hydrogens (tertiary/aromatic N) is 1. The van der Waals surface area contributed by atoms with Crippen molar-refractivity contribution in [2.75, 3.05) is 13.1 Å². The molecule has 0 aromatic carbocycles. The average molecular weight is 305 g/mol. The van der Waals surface area contributed by atoms with E-state index >= 15 is 0 Å². The lowest BCUT2D eigenvalue weighted by Crippen LogP contribution is -2.42. The number of hydrogen-bond donors (Lipinski definition) is 3. The normalized spacial score (nSPS) is 11.2. The molecule has 4 N–H and O–H groups in total. The second-order valence-corrected chi connectivity index (χ2v) is 4.23. The van der Waals surface area contributed by atoms with Crippen molar-refractivity contribution in [1.29, 1.82) is 0 Å². The SMILES string of the molecule is Cl.NCC(F)(F)CNC(=O)Cc1c[nH]c2ncccc12. The van der Waals surface area contributed by atoms with Crippen molar-refractivity contribution in [2.24, 2.45) is 5.73 Å². The Morgan fingerprint density at radius 3 is 2.95 bits per heavy atom. The van der Waals surface area contributed by atoms with Crippen LogP contribution >= 0.6 is 12.4 Å². The number of amides is 1. The Bertz CT molecular complexity index is 588. The van der Waals surface area contributed by atoms with Crippen molar-refractivity contribution in [2.45, 2.75) is 12.3 Å². The van der Waals surface area contributed by atoms with Gasteiger partial charge < -0.3 is 16.0 Å². The maximum atomic E-state index is 12.9. The van der Waals surface area contributed by atoms with E-state index in [4.69, 9.17) is 5.73 Å². The summed E-state index contributed by atoms with van der Waals surface area (Å²) in [6.07, 6.45) is 3.30. The van der Waals surface area contributed by atoms with E-state index < -0.39 is 24.9 Å². The number of halogens is 3. The topological polar surface area (TPSA) is 83.8 Å². The minimum Gasteiger partial charge on any atom is -0.350 e. The Morgan fingerprint density at radius 1 is 1.50 bits per heavy atom. The van der Waals surface area contributed by atoms with Gasteiger partial charge in [0.15, 0.2) is 0 Å². The Kier molecular flexibility index (Phi) is 5.41. The van der Waals surface area contributed by atoms with Crippen LogP contribution in [0.1, 0.15) is 5.56 Å². The maximum absolute atomic E-state index is 12.9.